The maximum Gasteiger partial charge on any atom is 0.260 e. The lowest BCUT2D eigenvalue weighted by Gasteiger charge is -2.27. The summed E-state index contributed by atoms with van der Waals surface area (Å²) in [5, 5.41) is 0.744. The van der Waals surface area contributed by atoms with E-state index < -0.39 is 0 Å². The zero-order chi connectivity index (χ0) is 20.2. The molecule has 9 heteroatoms. The van der Waals surface area contributed by atoms with Crippen LogP contribution < -0.4 is 4.90 Å². The van der Waals surface area contributed by atoms with E-state index in [1.807, 2.05) is 47.4 Å². The smallest absolute Gasteiger partial charge is 0.260 e. The molecule has 1 aliphatic rings. The second-order valence-corrected chi connectivity index (χ2v) is 9.72. The summed E-state index contributed by atoms with van der Waals surface area (Å²) in [5.74, 6) is -0.0161. The number of carbonyl (C=O) groups excluding carboxylic acids is 1. The van der Waals surface area contributed by atoms with Crippen molar-refractivity contribution in [1.82, 2.24) is 9.88 Å². The van der Waals surface area contributed by atoms with Crippen LogP contribution in [-0.2, 0) is 4.74 Å². The number of hydrogen-bond acceptors (Lipinski definition) is 5. The summed E-state index contributed by atoms with van der Waals surface area (Å²) >= 11 is 8.51. The minimum Gasteiger partial charge on any atom is -0.379 e. The van der Waals surface area contributed by atoms with E-state index in [-0.39, 0.29) is 18.3 Å². The van der Waals surface area contributed by atoms with Crippen LogP contribution in [0.1, 0.15) is 16.8 Å². The van der Waals surface area contributed by atoms with Crippen molar-refractivity contribution in [2.75, 3.05) is 44.3 Å². The first kappa shape index (κ1) is 23.6. The van der Waals surface area contributed by atoms with Gasteiger partial charge >= 0.3 is 0 Å². The molecule has 1 aromatic heterocycles. The molecule has 0 radical (unpaired) electrons. The fourth-order valence-electron chi connectivity index (χ4n) is 3.31. The Balaban J connectivity index is 0.00000256. The van der Waals surface area contributed by atoms with Gasteiger partial charge in [0.2, 0.25) is 0 Å². The molecule has 3 aromatic rings. The molecule has 0 saturated carbocycles. The Labute approximate surface area is 203 Å². The molecule has 160 valence electrons. The highest BCUT2D eigenvalue weighted by atomic mass is 79.9. The molecule has 0 unspecified atom stereocenters. The van der Waals surface area contributed by atoms with Crippen LogP contribution in [0, 0.1) is 0 Å². The zero-order valence-electron chi connectivity index (χ0n) is 16.2. The number of benzene rings is 2. The number of ether oxygens (including phenoxy) is 1. The van der Waals surface area contributed by atoms with Crippen molar-refractivity contribution < 1.29 is 9.53 Å². The van der Waals surface area contributed by atoms with Gasteiger partial charge in [-0.05, 0) is 48.9 Å². The number of anilines is 1. The molecular weight excluding hydrogens is 554 g/mol. The average Bonchev–Trinajstić information content (AvgIpc) is 3.15. The van der Waals surface area contributed by atoms with Crippen molar-refractivity contribution >= 4 is 76.9 Å². The van der Waals surface area contributed by atoms with Gasteiger partial charge in [-0.2, -0.15) is 0 Å². The first-order valence-electron chi connectivity index (χ1n) is 9.54. The number of morpholine rings is 1. The predicted molar refractivity (Wildman–Crippen MR) is 132 cm³/mol. The first-order valence-corrected chi connectivity index (χ1v) is 11.9. The van der Waals surface area contributed by atoms with Gasteiger partial charge in [0, 0.05) is 40.7 Å². The standard InChI is InChI=1S/C21H21Br2N3O2S.ClH/c22-16-4-2-15(3-5-16)20(27)26(9-1-8-25-10-12-28-13-11-25)21-24-18-7-6-17(23)14-19(18)29-21;/h2-7,14H,1,8-13H2;1H. The quantitative estimate of drug-likeness (QED) is 0.383. The van der Waals surface area contributed by atoms with Crippen LogP contribution in [0.25, 0.3) is 10.2 Å². The molecule has 1 amide bonds. The van der Waals surface area contributed by atoms with E-state index in [4.69, 9.17) is 9.72 Å². The number of hydrogen-bond donors (Lipinski definition) is 0. The largest absolute Gasteiger partial charge is 0.379 e. The van der Waals surface area contributed by atoms with Crippen molar-refractivity contribution in [1.29, 1.82) is 0 Å². The van der Waals surface area contributed by atoms with Gasteiger partial charge in [-0.1, -0.05) is 43.2 Å². The van der Waals surface area contributed by atoms with Crippen molar-refractivity contribution in [3.8, 4) is 0 Å². The van der Waals surface area contributed by atoms with Crippen LogP contribution in [0.2, 0.25) is 0 Å². The van der Waals surface area contributed by atoms with Gasteiger partial charge in [-0.3, -0.25) is 14.6 Å². The van der Waals surface area contributed by atoms with E-state index in [0.717, 1.165) is 63.6 Å². The number of aromatic nitrogens is 1. The first-order chi connectivity index (χ1) is 14.1. The van der Waals surface area contributed by atoms with Gasteiger partial charge in [-0.15, -0.1) is 12.4 Å². The molecule has 0 spiro atoms. The van der Waals surface area contributed by atoms with E-state index in [0.29, 0.717) is 12.1 Å². The van der Waals surface area contributed by atoms with E-state index in [2.05, 4.69) is 36.8 Å². The predicted octanol–water partition coefficient (Wildman–Crippen LogP) is 5.61. The van der Waals surface area contributed by atoms with Gasteiger partial charge in [0.15, 0.2) is 5.13 Å². The highest BCUT2D eigenvalue weighted by Gasteiger charge is 2.22. The van der Waals surface area contributed by atoms with Crippen molar-refractivity contribution in [2.24, 2.45) is 0 Å². The number of halogens is 3. The summed E-state index contributed by atoms with van der Waals surface area (Å²) in [7, 11) is 0. The Morgan fingerprint density at radius 2 is 1.80 bits per heavy atom. The lowest BCUT2D eigenvalue weighted by atomic mass is 10.2. The number of nitrogens with zero attached hydrogens (tertiary/aromatic N) is 3. The summed E-state index contributed by atoms with van der Waals surface area (Å²) in [4.78, 5) is 22.3. The van der Waals surface area contributed by atoms with Crippen molar-refractivity contribution in [2.45, 2.75) is 6.42 Å². The molecule has 1 fully saturated rings. The normalized spacial score (nSPS) is 14.5. The van der Waals surface area contributed by atoms with E-state index in [1.165, 1.54) is 0 Å². The summed E-state index contributed by atoms with van der Waals surface area (Å²) in [6.07, 6.45) is 0.891. The van der Waals surface area contributed by atoms with Gasteiger partial charge < -0.3 is 4.74 Å². The van der Waals surface area contributed by atoms with Crippen LogP contribution in [-0.4, -0.2) is 55.2 Å². The molecule has 0 N–H and O–H groups in total. The minimum absolute atomic E-state index is 0. The second kappa shape index (κ2) is 11.0. The molecular formula is C21H22Br2ClN3O2S. The maximum atomic E-state index is 13.3. The van der Waals surface area contributed by atoms with Crippen LogP contribution in [0.5, 0.6) is 0 Å². The zero-order valence-corrected chi connectivity index (χ0v) is 21.0. The summed E-state index contributed by atoms with van der Waals surface area (Å²) in [6, 6.07) is 13.5. The third-order valence-electron chi connectivity index (χ3n) is 4.87. The Morgan fingerprint density at radius 3 is 2.53 bits per heavy atom. The Bertz CT molecular complexity index is 994. The third-order valence-corrected chi connectivity index (χ3v) is 6.93. The molecule has 30 heavy (non-hydrogen) atoms. The maximum absolute atomic E-state index is 13.3. The fraction of sp³-hybridized carbons (Fsp3) is 0.333. The SMILES string of the molecule is Cl.O=C(c1ccc(Br)cc1)N(CCCN1CCOCC1)c1nc2ccc(Br)cc2s1. The Morgan fingerprint density at radius 1 is 1.10 bits per heavy atom. The lowest BCUT2D eigenvalue weighted by molar-refractivity contribution is 0.0376. The van der Waals surface area contributed by atoms with Crippen LogP contribution >= 0.6 is 55.6 Å². The molecule has 2 heterocycles. The van der Waals surface area contributed by atoms with Gasteiger partial charge in [0.25, 0.3) is 5.91 Å². The van der Waals surface area contributed by atoms with Gasteiger partial charge in [0.05, 0.1) is 23.4 Å². The monoisotopic (exact) mass is 573 g/mol. The summed E-state index contributed by atoms with van der Waals surface area (Å²) in [5.41, 5.74) is 1.58. The highest BCUT2D eigenvalue weighted by molar-refractivity contribution is 9.10. The minimum atomic E-state index is -0.0161. The molecule has 4 rings (SSSR count). The summed E-state index contributed by atoms with van der Waals surface area (Å²) < 4.78 is 8.46. The van der Waals surface area contributed by atoms with Crippen molar-refractivity contribution in [3.05, 3.63) is 57.0 Å². The van der Waals surface area contributed by atoms with Crippen molar-refractivity contribution in [3.63, 3.8) is 0 Å². The van der Waals surface area contributed by atoms with E-state index in [1.54, 1.807) is 11.3 Å². The number of carbonyl (C=O) groups is 1. The molecule has 1 aliphatic heterocycles. The number of amides is 1. The number of rotatable bonds is 6. The molecule has 0 aliphatic carbocycles. The molecule has 2 aromatic carbocycles. The summed E-state index contributed by atoms with van der Waals surface area (Å²) in [6.45, 7) is 5.06. The number of fused-ring (bicyclic) bond motifs is 1. The van der Waals surface area contributed by atoms with E-state index >= 15 is 0 Å². The Hall–Kier alpha value is -1.03. The molecule has 1 saturated heterocycles. The van der Waals surface area contributed by atoms with Crippen LogP contribution in [0.15, 0.2) is 51.4 Å². The average molecular weight is 576 g/mol. The van der Waals surface area contributed by atoms with Crippen LogP contribution in [0.3, 0.4) is 0 Å². The highest BCUT2D eigenvalue weighted by Crippen LogP contribution is 2.32. The number of thiazole rings is 1. The van der Waals surface area contributed by atoms with Gasteiger partial charge in [-0.25, -0.2) is 4.98 Å². The third kappa shape index (κ3) is 5.81. The molecule has 5 nitrogen and oxygen atoms in total. The second-order valence-electron chi connectivity index (χ2n) is 6.88. The van der Waals surface area contributed by atoms with Crippen LogP contribution in [0.4, 0.5) is 5.13 Å². The lowest BCUT2D eigenvalue weighted by Crippen LogP contribution is -2.39. The van der Waals surface area contributed by atoms with E-state index in [9.17, 15) is 4.79 Å². The molecule has 0 bridgehead atoms. The van der Waals surface area contributed by atoms with Gasteiger partial charge in [0.1, 0.15) is 0 Å². The fourth-order valence-corrected chi connectivity index (χ4v) is 5.12. The Kier molecular flexibility index (Phi) is 8.68. The molecule has 0 atom stereocenters. The topological polar surface area (TPSA) is 45.7 Å².